The van der Waals surface area contributed by atoms with Gasteiger partial charge >= 0.3 is 0 Å². The fraction of sp³-hybridized carbons (Fsp3) is 0.667. The fourth-order valence-corrected chi connectivity index (χ4v) is 3.02. The number of hydrogen-bond donors (Lipinski definition) is 2. The molecule has 114 valence electrons. The Hall–Kier alpha value is -1.69. The minimum Gasteiger partial charge on any atom is -0.355 e. The molecule has 1 amide bonds. The number of piperidine rings is 1. The number of carbonyl (C=O) groups excluding carboxylic acids is 1. The SMILES string of the molecule is CC1(C)CNC(=O)C2(CCN(c3cnccn3)CC2)NC1. The van der Waals surface area contributed by atoms with Crippen LogP contribution < -0.4 is 15.5 Å². The largest absolute Gasteiger partial charge is 0.355 e. The normalized spacial score (nSPS) is 24.5. The number of anilines is 1. The summed E-state index contributed by atoms with van der Waals surface area (Å²) in [5.41, 5.74) is -0.326. The maximum atomic E-state index is 12.5. The average Bonchev–Trinajstić information content (AvgIpc) is 2.62. The Balaban J connectivity index is 1.70. The molecule has 0 radical (unpaired) electrons. The van der Waals surface area contributed by atoms with Crippen molar-refractivity contribution in [2.75, 3.05) is 31.1 Å². The molecular formula is C15H23N5O. The second-order valence-electron chi connectivity index (χ2n) is 6.83. The summed E-state index contributed by atoms with van der Waals surface area (Å²) in [5.74, 6) is 1.04. The molecule has 0 bridgehead atoms. The van der Waals surface area contributed by atoms with E-state index in [1.54, 1.807) is 18.6 Å². The van der Waals surface area contributed by atoms with E-state index in [1.165, 1.54) is 0 Å². The zero-order valence-corrected chi connectivity index (χ0v) is 12.7. The highest BCUT2D eigenvalue weighted by Gasteiger charge is 2.44. The Morgan fingerprint density at radius 2 is 1.95 bits per heavy atom. The number of amides is 1. The molecule has 1 aromatic heterocycles. The van der Waals surface area contributed by atoms with Crippen LogP contribution in [0.3, 0.4) is 0 Å². The number of rotatable bonds is 1. The average molecular weight is 289 g/mol. The van der Waals surface area contributed by atoms with E-state index in [2.05, 4.69) is 39.3 Å². The van der Waals surface area contributed by atoms with Gasteiger partial charge in [0.05, 0.1) is 6.20 Å². The highest BCUT2D eigenvalue weighted by atomic mass is 16.2. The maximum absolute atomic E-state index is 12.5. The first-order chi connectivity index (χ1) is 10.0. The fourth-order valence-electron chi connectivity index (χ4n) is 3.02. The molecular weight excluding hydrogens is 266 g/mol. The molecule has 2 fully saturated rings. The standard InChI is InChI=1S/C15H23N5O/c1-14(2)10-18-13(21)15(19-11-14)3-7-20(8-4-15)12-9-16-5-6-17-12/h5-6,9,19H,3-4,7-8,10-11H2,1-2H3,(H,18,21). The van der Waals surface area contributed by atoms with Crippen LogP contribution in [0.1, 0.15) is 26.7 Å². The van der Waals surface area contributed by atoms with E-state index in [1.807, 2.05) is 0 Å². The molecule has 1 spiro atoms. The van der Waals surface area contributed by atoms with Crippen molar-refractivity contribution in [1.29, 1.82) is 0 Å². The third kappa shape index (κ3) is 2.85. The highest BCUT2D eigenvalue weighted by Crippen LogP contribution is 2.28. The summed E-state index contributed by atoms with van der Waals surface area (Å²) in [4.78, 5) is 23.2. The number of hydrogen-bond acceptors (Lipinski definition) is 5. The smallest absolute Gasteiger partial charge is 0.240 e. The van der Waals surface area contributed by atoms with Gasteiger partial charge in [-0.3, -0.25) is 9.78 Å². The van der Waals surface area contributed by atoms with Crippen LogP contribution in [0.5, 0.6) is 0 Å². The molecule has 0 unspecified atom stereocenters. The molecule has 6 heteroatoms. The van der Waals surface area contributed by atoms with Gasteiger partial charge in [-0.2, -0.15) is 0 Å². The van der Waals surface area contributed by atoms with E-state index in [0.717, 1.165) is 44.8 Å². The maximum Gasteiger partial charge on any atom is 0.240 e. The Labute approximate surface area is 125 Å². The monoisotopic (exact) mass is 289 g/mol. The van der Waals surface area contributed by atoms with Gasteiger partial charge in [-0.25, -0.2) is 4.98 Å². The summed E-state index contributed by atoms with van der Waals surface area (Å²) >= 11 is 0. The zero-order valence-electron chi connectivity index (χ0n) is 12.7. The van der Waals surface area contributed by atoms with Crippen LogP contribution in [0, 0.1) is 5.41 Å². The molecule has 2 aliphatic heterocycles. The van der Waals surface area contributed by atoms with Crippen molar-refractivity contribution in [3.05, 3.63) is 18.6 Å². The van der Waals surface area contributed by atoms with Crippen molar-refractivity contribution in [2.45, 2.75) is 32.2 Å². The van der Waals surface area contributed by atoms with Gasteiger partial charge in [-0.15, -0.1) is 0 Å². The lowest BCUT2D eigenvalue weighted by Crippen LogP contribution is -2.60. The first kappa shape index (κ1) is 14.3. The quantitative estimate of drug-likeness (QED) is 0.790. The summed E-state index contributed by atoms with van der Waals surface area (Å²) in [6.07, 6.45) is 6.76. The van der Waals surface area contributed by atoms with Crippen LogP contribution in [0.25, 0.3) is 0 Å². The lowest BCUT2D eigenvalue weighted by atomic mass is 9.86. The molecule has 2 N–H and O–H groups in total. The van der Waals surface area contributed by atoms with Crippen LogP contribution in [0.4, 0.5) is 5.82 Å². The van der Waals surface area contributed by atoms with Gasteiger partial charge in [0, 0.05) is 38.6 Å². The van der Waals surface area contributed by atoms with E-state index in [9.17, 15) is 4.79 Å². The Bertz CT molecular complexity index is 508. The van der Waals surface area contributed by atoms with Gasteiger partial charge in [0.15, 0.2) is 0 Å². The first-order valence-corrected chi connectivity index (χ1v) is 7.55. The number of carbonyl (C=O) groups is 1. The minimum atomic E-state index is -0.424. The van der Waals surface area contributed by atoms with E-state index >= 15 is 0 Å². The van der Waals surface area contributed by atoms with Crippen molar-refractivity contribution in [3.8, 4) is 0 Å². The predicted octanol–water partition coefficient (Wildman–Crippen LogP) is 0.561. The molecule has 2 aliphatic rings. The summed E-state index contributed by atoms with van der Waals surface area (Å²) < 4.78 is 0. The van der Waals surface area contributed by atoms with E-state index < -0.39 is 5.54 Å². The third-order valence-electron chi connectivity index (χ3n) is 4.56. The van der Waals surface area contributed by atoms with Crippen LogP contribution in [0.15, 0.2) is 18.6 Å². The van der Waals surface area contributed by atoms with Crippen molar-refractivity contribution in [2.24, 2.45) is 5.41 Å². The molecule has 0 aromatic carbocycles. The second-order valence-corrected chi connectivity index (χ2v) is 6.83. The predicted molar refractivity (Wildman–Crippen MR) is 81.0 cm³/mol. The van der Waals surface area contributed by atoms with Crippen LogP contribution in [0.2, 0.25) is 0 Å². The van der Waals surface area contributed by atoms with Gasteiger partial charge in [0.25, 0.3) is 0 Å². The second kappa shape index (κ2) is 5.26. The van der Waals surface area contributed by atoms with E-state index in [-0.39, 0.29) is 11.3 Å². The van der Waals surface area contributed by atoms with Crippen molar-refractivity contribution < 1.29 is 4.79 Å². The van der Waals surface area contributed by atoms with Crippen LogP contribution >= 0.6 is 0 Å². The summed E-state index contributed by atoms with van der Waals surface area (Å²) in [6.45, 7) is 7.58. The Morgan fingerprint density at radius 1 is 1.19 bits per heavy atom. The van der Waals surface area contributed by atoms with Crippen LogP contribution in [-0.2, 0) is 4.79 Å². The molecule has 0 atom stereocenters. The minimum absolute atomic E-state index is 0.0984. The topological polar surface area (TPSA) is 70.2 Å². The number of nitrogens with one attached hydrogen (secondary N) is 2. The summed E-state index contributed by atoms with van der Waals surface area (Å²) in [6, 6.07) is 0. The summed E-state index contributed by atoms with van der Waals surface area (Å²) in [5, 5.41) is 6.64. The molecule has 6 nitrogen and oxygen atoms in total. The van der Waals surface area contributed by atoms with Gasteiger partial charge in [-0.1, -0.05) is 13.8 Å². The van der Waals surface area contributed by atoms with E-state index in [0.29, 0.717) is 0 Å². The van der Waals surface area contributed by atoms with E-state index in [4.69, 9.17) is 0 Å². The van der Waals surface area contributed by atoms with Crippen molar-refractivity contribution in [3.63, 3.8) is 0 Å². The van der Waals surface area contributed by atoms with Crippen LogP contribution in [-0.4, -0.2) is 47.6 Å². The Kier molecular flexibility index (Phi) is 3.57. The first-order valence-electron chi connectivity index (χ1n) is 7.55. The summed E-state index contributed by atoms with van der Waals surface area (Å²) in [7, 11) is 0. The lowest BCUT2D eigenvalue weighted by molar-refractivity contribution is -0.127. The van der Waals surface area contributed by atoms with Crippen molar-refractivity contribution >= 4 is 11.7 Å². The third-order valence-corrected chi connectivity index (χ3v) is 4.56. The molecule has 3 rings (SSSR count). The molecule has 0 aliphatic carbocycles. The molecule has 2 saturated heterocycles. The van der Waals surface area contributed by atoms with Gasteiger partial charge in [0.1, 0.15) is 11.4 Å². The Morgan fingerprint density at radius 3 is 2.62 bits per heavy atom. The molecule has 0 saturated carbocycles. The lowest BCUT2D eigenvalue weighted by Gasteiger charge is -2.41. The van der Waals surface area contributed by atoms with Crippen molar-refractivity contribution in [1.82, 2.24) is 20.6 Å². The van der Waals surface area contributed by atoms with Gasteiger partial charge < -0.3 is 15.5 Å². The highest BCUT2D eigenvalue weighted by molar-refractivity contribution is 5.87. The molecule has 1 aromatic rings. The van der Waals surface area contributed by atoms with Gasteiger partial charge in [0.2, 0.25) is 5.91 Å². The molecule has 3 heterocycles. The molecule has 21 heavy (non-hydrogen) atoms. The zero-order chi connectivity index (χ0) is 14.9. The van der Waals surface area contributed by atoms with Gasteiger partial charge in [-0.05, 0) is 18.3 Å². The number of aromatic nitrogens is 2. The number of nitrogens with zero attached hydrogens (tertiary/aromatic N) is 3.